The van der Waals surface area contributed by atoms with Crippen LogP contribution >= 0.6 is 0 Å². The number of nitrogen functional groups attached to an aromatic ring is 1. The zero-order chi connectivity index (χ0) is 12.8. The van der Waals surface area contributed by atoms with Crippen LogP contribution in [-0.4, -0.2) is 23.0 Å². The Morgan fingerprint density at radius 3 is 2.82 bits per heavy atom. The van der Waals surface area contributed by atoms with Crippen molar-refractivity contribution in [1.82, 2.24) is 0 Å². The largest absolute Gasteiger partial charge is 0.479 e. The standard InChI is InChI=1S/C12H16N2O3/c1-2-4-10(12(15)16)17-9-6-3-5-8(7-9)11(13)14/h3,5-7,10H,2,4H2,1H3,(H3,13,14)(H,15,16)/t10-/m0/s1. The Balaban J connectivity index is 2.82. The molecule has 0 heterocycles. The molecular formula is C12H16N2O3. The maximum absolute atomic E-state index is 10.9. The second-order valence-electron chi connectivity index (χ2n) is 3.67. The van der Waals surface area contributed by atoms with Crippen molar-refractivity contribution in [3.05, 3.63) is 29.8 Å². The minimum Gasteiger partial charge on any atom is -0.479 e. The van der Waals surface area contributed by atoms with Crippen molar-refractivity contribution >= 4 is 11.8 Å². The molecule has 5 nitrogen and oxygen atoms in total. The van der Waals surface area contributed by atoms with E-state index in [9.17, 15) is 4.79 Å². The van der Waals surface area contributed by atoms with Gasteiger partial charge in [0, 0.05) is 5.56 Å². The molecule has 0 saturated carbocycles. The van der Waals surface area contributed by atoms with Crippen LogP contribution < -0.4 is 10.5 Å². The topological polar surface area (TPSA) is 96.4 Å². The lowest BCUT2D eigenvalue weighted by molar-refractivity contribution is -0.145. The van der Waals surface area contributed by atoms with Crippen molar-refractivity contribution in [2.45, 2.75) is 25.9 Å². The van der Waals surface area contributed by atoms with E-state index >= 15 is 0 Å². The number of amidine groups is 1. The van der Waals surface area contributed by atoms with E-state index in [4.69, 9.17) is 21.0 Å². The first kappa shape index (κ1) is 13.0. The zero-order valence-electron chi connectivity index (χ0n) is 9.64. The highest BCUT2D eigenvalue weighted by Gasteiger charge is 2.18. The number of nitrogens with one attached hydrogen (secondary N) is 1. The van der Waals surface area contributed by atoms with Gasteiger partial charge in [-0.05, 0) is 18.6 Å². The minimum absolute atomic E-state index is 0.0715. The maximum atomic E-state index is 10.9. The first-order valence-electron chi connectivity index (χ1n) is 5.38. The predicted octanol–water partition coefficient (Wildman–Crippen LogP) is 1.60. The normalized spacial score (nSPS) is 11.8. The van der Waals surface area contributed by atoms with E-state index in [0.717, 1.165) is 6.42 Å². The van der Waals surface area contributed by atoms with Crippen molar-refractivity contribution < 1.29 is 14.6 Å². The molecule has 0 spiro atoms. The molecule has 1 aromatic rings. The van der Waals surface area contributed by atoms with Crippen LogP contribution in [0.5, 0.6) is 5.75 Å². The van der Waals surface area contributed by atoms with E-state index in [-0.39, 0.29) is 5.84 Å². The van der Waals surface area contributed by atoms with Crippen LogP contribution in [0.3, 0.4) is 0 Å². The van der Waals surface area contributed by atoms with Gasteiger partial charge in [-0.3, -0.25) is 5.41 Å². The zero-order valence-corrected chi connectivity index (χ0v) is 9.64. The Hall–Kier alpha value is -2.04. The molecular weight excluding hydrogens is 220 g/mol. The summed E-state index contributed by atoms with van der Waals surface area (Å²) in [4.78, 5) is 10.9. The van der Waals surface area contributed by atoms with E-state index in [1.54, 1.807) is 24.3 Å². The Bertz CT molecular complexity index is 418. The fraction of sp³-hybridized carbons (Fsp3) is 0.333. The molecule has 1 rings (SSSR count). The highest BCUT2D eigenvalue weighted by molar-refractivity contribution is 5.95. The molecule has 92 valence electrons. The fourth-order valence-electron chi connectivity index (χ4n) is 1.40. The van der Waals surface area contributed by atoms with Crippen LogP contribution in [0.2, 0.25) is 0 Å². The summed E-state index contributed by atoms with van der Waals surface area (Å²) in [6.07, 6.45) is 0.311. The molecule has 4 N–H and O–H groups in total. The number of hydrogen-bond acceptors (Lipinski definition) is 3. The second-order valence-corrected chi connectivity index (χ2v) is 3.67. The number of benzene rings is 1. The summed E-state index contributed by atoms with van der Waals surface area (Å²) in [5.41, 5.74) is 5.86. The highest BCUT2D eigenvalue weighted by Crippen LogP contribution is 2.16. The molecule has 1 aromatic carbocycles. The Labute approximate surface area is 99.7 Å². The van der Waals surface area contributed by atoms with Crippen molar-refractivity contribution in [3.63, 3.8) is 0 Å². The van der Waals surface area contributed by atoms with Crippen LogP contribution in [0.1, 0.15) is 25.3 Å². The van der Waals surface area contributed by atoms with Gasteiger partial charge >= 0.3 is 5.97 Å². The molecule has 5 heteroatoms. The first-order valence-corrected chi connectivity index (χ1v) is 5.38. The molecule has 0 bridgehead atoms. The average molecular weight is 236 g/mol. The Kier molecular flexibility index (Phi) is 4.51. The van der Waals surface area contributed by atoms with Crippen molar-refractivity contribution in [2.24, 2.45) is 5.73 Å². The summed E-state index contributed by atoms with van der Waals surface area (Å²) in [6, 6.07) is 6.56. The van der Waals surface area contributed by atoms with Gasteiger partial charge in [0.15, 0.2) is 6.10 Å². The van der Waals surface area contributed by atoms with Gasteiger partial charge in [0.1, 0.15) is 11.6 Å². The van der Waals surface area contributed by atoms with Crippen LogP contribution in [0.25, 0.3) is 0 Å². The quantitative estimate of drug-likeness (QED) is 0.516. The lowest BCUT2D eigenvalue weighted by atomic mass is 10.2. The van der Waals surface area contributed by atoms with Gasteiger partial charge in [-0.2, -0.15) is 0 Å². The average Bonchev–Trinajstić information content (AvgIpc) is 2.28. The van der Waals surface area contributed by atoms with Gasteiger partial charge in [0.2, 0.25) is 0 Å². The molecule has 0 fully saturated rings. The maximum Gasteiger partial charge on any atom is 0.344 e. The molecule has 17 heavy (non-hydrogen) atoms. The molecule has 0 aliphatic heterocycles. The SMILES string of the molecule is CCC[C@H](Oc1cccc(C(=N)N)c1)C(=O)O. The third-order valence-electron chi connectivity index (χ3n) is 2.25. The van der Waals surface area contributed by atoms with Gasteiger partial charge < -0.3 is 15.6 Å². The number of aliphatic carboxylic acids is 1. The molecule has 0 saturated heterocycles. The third kappa shape index (κ3) is 3.79. The van der Waals surface area contributed by atoms with Gasteiger partial charge in [0.05, 0.1) is 0 Å². The smallest absolute Gasteiger partial charge is 0.344 e. The number of carboxylic acids is 1. The minimum atomic E-state index is -0.986. The van der Waals surface area contributed by atoms with Gasteiger partial charge in [-0.25, -0.2) is 4.79 Å². The number of carboxylic acid groups (broad SMARTS) is 1. The van der Waals surface area contributed by atoms with E-state index in [1.165, 1.54) is 0 Å². The van der Waals surface area contributed by atoms with E-state index in [2.05, 4.69) is 0 Å². The number of rotatable bonds is 6. The summed E-state index contributed by atoms with van der Waals surface area (Å²) in [7, 11) is 0. The summed E-state index contributed by atoms with van der Waals surface area (Å²) in [5.74, 6) is -0.642. The third-order valence-corrected chi connectivity index (χ3v) is 2.25. The van der Waals surface area contributed by atoms with Gasteiger partial charge in [0.25, 0.3) is 0 Å². The molecule has 0 amide bonds. The number of ether oxygens (including phenoxy) is 1. The lowest BCUT2D eigenvalue weighted by Crippen LogP contribution is -2.26. The highest BCUT2D eigenvalue weighted by atomic mass is 16.5. The van der Waals surface area contributed by atoms with Crippen molar-refractivity contribution in [2.75, 3.05) is 0 Å². The molecule has 0 radical (unpaired) electrons. The van der Waals surface area contributed by atoms with E-state index in [1.807, 2.05) is 6.92 Å². The van der Waals surface area contributed by atoms with Crippen molar-refractivity contribution in [1.29, 1.82) is 5.41 Å². The predicted molar refractivity (Wildman–Crippen MR) is 64.4 cm³/mol. The number of nitrogens with two attached hydrogens (primary N) is 1. The molecule has 0 aliphatic carbocycles. The molecule has 0 unspecified atom stereocenters. The number of carbonyl (C=O) groups is 1. The first-order chi connectivity index (χ1) is 8.04. The van der Waals surface area contributed by atoms with E-state index < -0.39 is 12.1 Å². The summed E-state index contributed by atoms with van der Waals surface area (Å²) >= 11 is 0. The van der Waals surface area contributed by atoms with Gasteiger partial charge in [-0.15, -0.1) is 0 Å². The van der Waals surface area contributed by atoms with Crippen LogP contribution in [-0.2, 0) is 4.79 Å². The molecule has 0 aromatic heterocycles. The molecule has 0 aliphatic rings. The second kappa shape index (κ2) is 5.89. The monoisotopic (exact) mass is 236 g/mol. The summed E-state index contributed by atoms with van der Waals surface area (Å²) < 4.78 is 5.36. The Morgan fingerprint density at radius 2 is 2.29 bits per heavy atom. The lowest BCUT2D eigenvalue weighted by Gasteiger charge is -2.14. The Morgan fingerprint density at radius 1 is 1.59 bits per heavy atom. The van der Waals surface area contributed by atoms with Crippen molar-refractivity contribution in [3.8, 4) is 5.75 Å². The fourth-order valence-corrected chi connectivity index (χ4v) is 1.40. The van der Waals surface area contributed by atoms with Crippen LogP contribution in [0.15, 0.2) is 24.3 Å². The molecule has 1 atom stereocenters. The van der Waals surface area contributed by atoms with Gasteiger partial charge in [-0.1, -0.05) is 25.5 Å². The van der Waals surface area contributed by atoms with E-state index in [0.29, 0.717) is 17.7 Å². The summed E-state index contributed by atoms with van der Waals surface area (Å²) in [6.45, 7) is 1.89. The summed E-state index contributed by atoms with van der Waals surface area (Å²) in [5, 5.41) is 16.2. The van der Waals surface area contributed by atoms with Crippen LogP contribution in [0.4, 0.5) is 0 Å². The van der Waals surface area contributed by atoms with Crippen LogP contribution in [0, 0.1) is 5.41 Å². The number of hydrogen-bond donors (Lipinski definition) is 3.